The van der Waals surface area contributed by atoms with Crippen molar-refractivity contribution in [2.75, 3.05) is 11.9 Å². The predicted octanol–water partition coefficient (Wildman–Crippen LogP) is 3.71. The molecule has 2 rings (SSSR count). The number of hydrogen-bond donors (Lipinski definition) is 1. The number of aryl methyl sites for hydroxylation is 1. The molecule has 0 aliphatic heterocycles. The number of non-ortho nitro benzene ring substituents is 1. The van der Waals surface area contributed by atoms with Gasteiger partial charge in [-0.25, -0.2) is 4.39 Å². The Morgan fingerprint density at radius 2 is 2.09 bits per heavy atom. The Labute approximate surface area is 136 Å². The van der Waals surface area contributed by atoms with Crippen molar-refractivity contribution in [3.63, 3.8) is 0 Å². The van der Waals surface area contributed by atoms with E-state index in [2.05, 4.69) is 5.32 Å². The summed E-state index contributed by atoms with van der Waals surface area (Å²) in [6.45, 7) is 1.37. The van der Waals surface area contributed by atoms with Crippen LogP contribution < -0.4 is 10.1 Å². The quantitative estimate of drug-likeness (QED) is 0.665. The van der Waals surface area contributed by atoms with Crippen LogP contribution in [-0.4, -0.2) is 17.4 Å². The fraction of sp³-hybridized carbons (Fsp3) is 0.133. The summed E-state index contributed by atoms with van der Waals surface area (Å²) in [5.74, 6) is -0.855. The third kappa shape index (κ3) is 4.40. The summed E-state index contributed by atoms with van der Waals surface area (Å²) in [5.41, 5.74) is 0.871. The lowest BCUT2D eigenvalue weighted by Crippen LogP contribution is -2.20. The van der Waals surface area contributed by atoms with E-state index in [0.717, 1.165) is 6.07 Å². The number of amides is 1. The summed E-state index contributed by atoms with van der Waals surface area (Å²) in [4.78, 5) is 22.1. The maximum Gasteiger partial charge on any atom is 0.271 e. The molecule has 0 unspecified atom stereocenters. The number of nitrogens with zero attached hydrogens (tertiary/aromatic N) is 1. The normalized spacial score (nSPS) is 10.2. The van der Waals surface area contributed by atoms with Crippen LogP contribution >= 0.6 is 11.6 Å². The molecular formula is C15H12ClFN2O4. The molecule has 0 heterocycles. The SMILES string of the molecule is Cc1ccc([N+](=O)[O-])cc1NC(=O)COc1ccc(F)c(Cl)c1. The minimum atomic E-state index is -0.587. The van der Waals surface area contributed by atoms with E-state index in [-0.39, 0.29) is 23.1 Å². The van der Waals surface area contributed by atoms with Gasteiger partial charge in [-0.1, -0.05) is 17.7 Å². The van der Waals surface area contributed by atoms with Gasteiger partial charge in [0, 0.05) is 18.2 Å². The van der Waals surface area contributed by atoms with Crippen molar-refractivity contribution in [3.8, 4) is 5.75 Å². The number of rotatable bonds is 5. The lowest BCUT2D eigenvalue weighted by molar-refractivity contribution is -0.384. The van der Waals surface area contributed by atoms with Gasteiger partial charge in [0.25, 0.3) is 11.6 Å². The Kier molecular flexibility index (Phi) is 5.13. The Balaban J connectivity index is 2.00. The number of ether oxygens (including phenoxy) is 1. The van der Waals surface area contributed by atoms with E-state index < -0.39 is 16.6 Å². The number of halogens is 2. The molecule has 2 aromatic rings. The lowest BCUT2D eigenvalue weighted by Gasteiger charge is -2.10. The minimum absolute atomic E-state index is 0.113. The Bertz CT molecular complexity index is 767. The van der Waals surface area contributed by atoms with Crippen molar-refractivity contribution in [2.45, 2.75) is 6.92 Å². The van der Waals surface area contributed by atoms with Gasteiger partial charge >= 0.3 is 0 Å². The number of carbonyl (C=O) groups excluding carboxylic acids is 1. The standard InChI is InChI=1S/C15H12ClFN2O4/c1-9-2-3-10(19(21)22)6-14(9)18-15(20)8-23-11-4-5-13(17)12(16)7-11/h2-7H,8H2,1H3,(H,18,20). The van der Waals surface area contributed by atoms with Crippen LogP contribution in [0.15, 0.2) is 36.4 Å². The average molecular weight is 339 g/mol. The van der Waals surface area contributed by atoms with Crippen molar-refractivity contribution < 1.29 is 18.8 Å². The number of benzene rings is 2. The Morgan fingerprint density at radius 3 is 2.74 bits per heavy atom. The first-order chi connectivity index (χ1) is 10.9. The van der Waals surface area contributed by atoms with Gasteiger partial charge in [0.2, 0.25) is 0 Å². The van der Waals surface area contributed by atoms with Crippen LogP contribution in [0, 0.1) is 22.9 Å². The number of carbonyl (C=O) groups is 1. The lowest BCUT2D eigenvalue weighted by atomic mass is 10.2. The number of hydrogen-bond acceptors (Lipinski definition) is 4. The van der Waals surface area contributed by atoms with Crippen molar-refractivity contribution in [1.82, 2.24) is 0 Å². The molecule has 8 heteroatoms. The fourth-order valence-electron chi connectivity index (χ4n) is 1.76. The molecule has 0 bridgehead atoms. The number of nitro benzene ring substituents is 1. The van der Waals surface area contributed by atoms with E-state index in [9.17, 15) is 19.3 Å². The molecule has 23 heavy (non-hydrogen) atoms. The number of nitro groups is 1. The maximum absolute atomic E-state index is 13.0. The number of nitrogens with one attached hydrogen (secondary N) is 1. The first kappa shape index (κ1) is 16.7. The number of anilines is 1. The summed E-state index contributed by atoms with van der Waals surface area (Å²) in [5, 5.41) is 13.2. The molecular weight excluding hydrogens is 327 g/mol. The van der Waals surface area contributed by atoms with E-state index in [4.69, 9.17) is 16.3 Å². The van der Waals surface area contributed by atoms with E-state index in [0.29, 0.717) is 11.3 Å². The van der Waals surface area contributed by atoms with Crippen molar-refractivity contribution >= 4 is 28.9 Å². The molecule has 120 valence electrons. The highest BCUT2D eigenvalue weighted by molar-refractivity contribution is 6.30. The Hall–Kier alpha value is -2.67. The first-order valence-electron chi connectivity index (χ1n) is 6.49. The molecule has 0 fully saturated rings. The zero-order valence-corrected chi connectivity index (χ0v) is 12.8. The van der Waals surface area contributed by atoms with Crippen LogP contribution in [0.4, 0.5) is 15.8 Å². The third-order valence-electron chi connectivity index (χ3n) is 2.97. The van der Waals surface area contributed by atoms with Crippen LogP contribution in [0.25, 0.3) is 0 Å². The Morgan fingerprint density at radius 1 is 1.35 bits per heavy atom. The largest absolute Gasteiger partial charge is 0.484 e. The molecule has 6 nitrogen and oxygen atoms in total. The van der Waals surface area contributed by atoms with Crippen molar-refractivity contribution in [3.05, 3.63) is 62.9 Å². The van der Waals surface area contributed by atoms with Gasteiger partial charge in [0.05, 0.1) is 15.6 Å². The summed E-state index contributed by atoms with van der Waals surface area (Å²) in [7, 11) is 0. The topological polar surface area (TPSA) is 81.5 Å². The summed E-state index contributed by atoms with van der Waals surface area (Å²) >= 11 is 5.61. The van der Waals surface area contributed by atoms with Gasteiger partial charge in [0.1, 0.15) is 11.6 Å². The van der Waals surface area contributed by atoms with E-state index in [1.807, 2.05) is 0 Å². The second-order valence-electron chi connectivity index (χ2n) is 4.67. The maximum atomic E-state index is 13.0. The summed E-state index contributed by atoms with van der Waals surface area (Å²) in [6, 6.07) is 7.87. The minimum Gasteiger partial charge on any atom is -0.484 e. The molecule has 1 N–H and O–H groups in total. The average Bonchev–Trinajstić information content (AvgIpc) is 2.50. The smallest absolute Gasteiger partial charge is 0.271 e. The molecule has 0 aliphatic rings. The predicted molar refractivity (Wildman–Crippen MR) is 83.4 cm³/mol. The molecule has 1 amide bonds. The van der Waals surface area contributed by atoms with Crippen LogP contribution in [-0.2, 0) is 4.79 Å². The molecule has 0 atom stereocenters. The van der Waals surface area contributed by atoms with Gasteiger partial charge in [-0.15, -0.1) is 0 Å². The van der Waals surface area contributed by atoms with Gasteiger partial charge in [-0.3, -0.25) is 14.9 Å². The van der Waals surface area contributed by atoms with E-state index >= 15 is 0 Å². The third-order valence-corrected chi connectivity index (χ3v) is 3.26. The molecule has 2 aromatic carbocycles. The van der Waals surface area contributed by atoms with Crippen LogP contribution in [0.1, 0.15) is 5.56 Å². The molecule has 0 saturated heterocycles. The van der Waals surface area contributed by atoms with Gasteiger partial charge in [0.15, 0.2) is 6.61 Å². The zero-order valence-electron chi connectivity index (χ0n) is 12.0. The van der Waals surface area contributed by atoms with E-state index in [1.54, 1.807) is 6.92 Å². The van der Waals surface area contributed by atoms with Crippen LogP contribution in [0.2, 0.25) is 5.02 Å². The van der Waals surface area contributed by atoms with Crippen molar-refractivity contribution in [1.29, 1.82) is 0 Å². The monoisotopic (exact) mass is 338 g/mol. The molecule has 0 aliphatic carbocycles. The molecule has 0 radical (unpaired) electrons. The highest BCUT2D eigenvalue weighted by Gasteiger charge is 2.12. The highest BCUT2D eigenvalue weighted by Crippen LogP contribution is 2.23. The van der Waals surface area contributed by atoms with Gasteiger partial charge < -0.3 is 10.1 Å². The summed E-state index contributed by atoms with van der Waals surface area (Å²) in [6.07, 6.45) is 0. The second kappa shape index (κ2) is 7.06. The highest BCUT2D eigenvalue weighted by atomic mass is 35.5. The van der Waals surface area contributed by atoms with Gasteiger partial charge in [-0.05, 0) is 24.6 Å². The molecule has 0 aromatic heterocycles. The summed E-state index contributed by atoms with van der Waals surface area (Å²) < 4.78 is 18.2. The van der Waals surface area contributed by atoms with E-state index in [1.165, 1.54) is 30.3 Å². The van der Waals surface area contributed by atoms with Crippen molar-refractivity contribution in [2.24, 2.45) is 0 Å². The first-order valence-corrected chi connectivity index (χ1v) is 6.87. The molecule has 0 saturated carbocycles. The van der Waals surface area contributed by atoms with Gasteiger partial charge in [-0.2, -0.15) is 0 Å². The second-order valence-corrected chi connectivity index (χ2v) is 5.08. The zero-order chi connectivity index (χ0) is 17.0. The van der Waals surface area contributed by atoms with Crippen LogP contribution in [0.3, 0.4) is 0 Å². The molecule has 0 spiro atoms. The van der Waals surface area contributed by atoms with Crippen LogP contribution in [0.5, 0.6) is 5.75 Å². The fourth-order valence-corrected chi connectivity index (χ4v) is 1.93.